The zero-order valence-corrected chi connectivity index (χ0v) is 11.4. The Kier molecular flexibility index (Phi) is 4.71. The summed E-state index contributed by atoms with van der Waals surface area (Å²) in [5.41, 5.74) is 8.80. The van der Waals surface area contributed by atoms with Gasteiger partial charge in [0.05, 0.1) is 0 Å². The first-order chi connectivity index (χ1) is 9.63. The van der Waals surface area contributed by atoms with E-state index in [4.69, 9.17) is 5.73 Å². The SMILES string of the molecule is Cc1cccc(NC(N)=NCCc2cccc(F)c2)c1. The highest BCUT2D eigenvalue weighted by atomic mass is 19.1. The number of benzene rings is 2. The first-order valence-electron chi connectivity index (χ1n) is 6.51. The Morgan fingerprint density at radius 3 is 2.75 bits per heavy atom. The summed E-state index contributed by atoms with van der Waals surface area (Å²) in [5.74, 6) is 0.143. The van der Waals surface area contributed by atoms with Crippen LogP contribution in [0.5, 0.6) is 0 Å². The fraction of sp³-hybridized carbons (Fsp3) is 0.188. The lowest BCUT2D eigenvalue weighted by atomic mass is 10.1. The van der Waals surface area contributed by atoms with Crippen LogP contribution in [0, 0.1) is 12.7 Å². The summed E-state index contributed by atoms with van der Waals surface area (Å²) < 4.78 is 13.0. The van der Waals surface area contributed by atoms with Crippen LogP contribution in [-0.4, -0.2) is 12.5 Å². The van der Waals surface area contributed by atoms with Crippen LogP contribution in [0.25, 0.3) is 0 Å². The molecular weight excluding hydrogens is 253 g/mol. The first-order valence-corrected chi connectivity index (χ1v) is 6.51. The van der Waals surface area contributed by atoms with Gasteiger partial charge in [-0.1, -0.05) is 24.3 Å². The maximum Gasteiger partial charge on any atom is 0.193 e. The van der Waals surface area contributed by atoms with E-state index in [2.05, 4.69) is 10.3 Å². The molecule has 104 valence electrons. The van der Waals surface area contributed by atoms with Crippen LogP contribution in [0.3, 0.4) is 0 Å². The van der Waals surface area contributed by atoms with Crippen molar-refractivity contribution in [2.75, 3.05) is 11.9 Å². The van der Waals surface area contributed by atoms with Gasteiger partial charge in [-0.15, -0.1) is 0 Å². The number of rotatable bonds is 4. The normalized spacial score (nSPS) is 11.4. The first kappa shape index (κ1) is 14.1. The number of aryl methyl sites for hydroxylation is 1. The predicted octanol–water partition coefficient (Wildman–Crippen LogP) is 3.10. The van der Waals surface area contributed by atoms with Gasteiger partial charge >= 0.3 is 0 Å². The molecule has 2 rings (SSSR count). The largest absolute Gasteiger partial charge is 0.370 e. The number of nitrogens with zero attached hydrogens (tertiary/aromatic N) is 1. The monoisotopic (exact) mass is 271 g/mol. The maximum atomic E-state index is 13.0. The van der Waals surface area contributed by atoms with Gasteiger partial charge in [-0.25, -0.2) is 4.39 Å². The second-order valence-corrected chi connectivity index (χ2v) is 4.64. The highest BCUT2D eigenvalue weighted by molar-refractivity contribution is 5.92. The van der Waals surface area contributed by atoms with Crippen molar-refractivity contribution in [3.63, 3.8) is 0 Å². The second kappa shape index (κ2) is 6.70. The molecule has 0 amide bonds. The van der Waals surface area contributed by atoms with Gasteiger partial charge in [0.1, 0.15) is 5.82 Å². The molecule has 0 aliphatic rings. The number of nitrogens with two attached hydrogens (primary N) is 1. The highest BCUT2D eigenvalue weighted by Gasteiger charge is 1.97. The highest BCUT2D eigenvalue weighted by Crippen LogP contribution is 2.09. The topological polar surface area (TPSA) is 50.4 Å². The van der Waals surface area contributed by atoms with Crippen LogP contribution >= 0.6 is 0 Å². The number of guanidine groups is 1. The minimum Gasteiger partial charge on any atom is -0.370 e. The molecule has 3 N–H and O–H groups in total. The Bertz CT molecular complexity index is 608. The third kappa shape index (κ3) is 4.39. The number of aliphatic imine (C=N–C) groups is 1. The molecule has 2 aromatic carbocycles. The minimum atomic E-state index is -0.225. The molecule has 0 atom stereocenters. The fourth-order valence-electron chi connectivity index (χ4n) is 1.91. The summed E-state index contributed by atoms with van der Waals surface area (Å²) in [6, 6.07) is 14.4. The molecule has 3 nitrogen and oxygen atoms in total. The van der Waals surface area contributed by atoms with Crippen molar-refractivity contribution in [1.82, 2.24) is 0 Å². The van der Waals surface area contributed by atoms with E-state index in [-0.39, 0.29) is 5.82 Å². The van der Waals surface area contributed by atoms with Crippen LogP contribution in [0.15, 0.2) is 53.5 Å². The number of hydrogen-bond acceptors (Lipinski definition) is 1. The van der Waals surface area contributed by atoms with Crippen molar-refractivity contribution in [2.45, 2.75) is 13.3 Å². The smallest absolute Gasteiger partial charge is 0.193 e. The summed E-state index contributed by atoms with van der Waals surface area (Å²) in [6.45, 7) is 2.54. The van der Waals surface area contributed by atoms with Crippen molar-refractivity contribution in [2.24, 2.45) is 10.7 Å². The summed E-state index contributed by atoms with van der Waals surface area (Å²) in [4.78, 5) is 4.23. The lowest BCUT2D eigenvalue weighted by molar-refractivity contribution is 0.625. The Labute approximate surface area is 118 Å². The van der Waals surface area contributed by atoms with E-state index in [1.165, 1.54) is 12.1 Å². The average molecular weight is 271 g/mol. The molecule has 0 fully saturated rings. The molecule has 0 saturated carbocycles. The van der Waals surface area contributed by atoms with Crippen molar-refractivity contribution in [3.8, 4) is 0 Å². The van der Waals surface area contributed by atoms with Crippen LogP contribution < -0.4 is 11.1 Å². The molecule has 0 radical (unpaired) electrons. The van der Waals surface area contributed by atoms with Crippen molar-refractivity contribution in [1.29, 1.82) is 0 Å². The van der Waals surface area contributed by atoms with Crippen LogP contribution in [0.2, 0.25) is 0 Å². The standard InChI is InChI=1S/C16H18FN3/c1-12-4-2-7-15(10-12)20-16(18)19-9-8-13-5-3-6-14(17)11-13/h2-7,10-11H,8-9H2,1H3,(H3,18,19,20). The molecule has 0 aromatic heterocycles. The fourth-order valence-corrected chi connectivity index (χ4v) is 1.91. The lowest BCUT2D eigenvalue weighted by Gasteiger charge is -2.06. The van der Waals surface area contributed by atoms with Gasteiger partial charge in [0, 0.05) is 12.2 Å². The van der Waals surface area contributed by atoms with Gasteiger partial charge in [0.25, 0.3) is 0 Å². The summed E-state index contributed by atoms with van der Waals surface area (Å²) in [5, 5.41) is 3.03. The maximum absolute atomic E-state index is 13.0. The Balaban J connectivity index is 1.88. The summed E-state index contributed by atoms with van der Waals surface area (Å²) >= 11 is 0. The molecule has 0 bridgehead atoms. The molecule has 0 heterocycles. The zero-order chi connectivity index (χ0) is 14.4. The molecule has 0 unspecified atom stereocenters. The summed E-state index contributed by atoms with van der Waals surface area (Å²) in [7, 11) is 0. The van der Waals surface area contributed by atoms with Gasteiger partial charge in [-0.2, -0.15) is 0 Å². The van der Waals surface area contributed by atoms with Crippen molar-refractivity contribution < 1.29 is 4.39 Å². The third-order valence-electron chi connectivity index (χ3n) is 2.86. The van der Waals surface area contributed by atoms with E-state index >= 15 is 0 Å². The molecule has 20 heavy (non-hydrogen) atoms. The van der Waals surface area contributed by atoms with E-state index in [1.807, 2.05) is 37.3 Å². The van der Waals surface area contributed by atoms with E-state index in [0.717, 1.165) is 16.8 Å². The van der Waals surface area contributed by atoms with Crippen molar-refractivity contribution in [3.05, 3.63) is 65.5 Å². The molecule has 0 aliphatic carbocycles. The molecule has 0 aliphatic heterocycles. The van der Waals surface area contributed by atoms with Gasteiger partial charge in [-0.05, 0) is 48.7 Å². The Morgan fingerprint density at radius 2 is 2.00 bits per heavy atom. The van der Waals surface area contributed by atoms with Crippen molar-refractivity contribution >= 4 is 11.6 Å². The predicted molar refractivity (Wildman–Crippen MR) is 81.4 cm³/mol. The minimum absolute atomic E-state index is 0.225. The number of nitrogens with one attached hydrogen (secondary N) is 1. The van der Waals surface area contributed by atoms with Gasteiger partial charge in [-0.3, -0.25) is 4.99 Å². The van der Waals surface area contributed by atoms with Crippen LogP contribution in [0.4, 0.5) is 10.1 Å². The third-order valence-corrected chi connectivity index (χ3v) is 2.86. The molecule has 4 heteroatoms. The van der Waals surface area contributed by atoms with Gasteiger partial charge in [0.15, 0.2) is 5.96 Å². The molecular formula is C16H18FN3. The van der Waals surface area contributed by atoms with Gasteiger partial charge < -0.3 is 11.1 Å². The quantitative estimate of drug-likeness (QED) is 0.663. The average Bonchev–Trinajstić information content (AvgIpc) is 2.38. The Morgan fingerprint density at radius 1 is 1.20 bits per heavy atom. The molecule has 2 aromatic rings. The lowest BCUT2D eigenvalue weighted by Crippen LogP contribution is -2.23. The van der Waals surface area contributed by atoms with E-state index in [1.54, 1.807) is 6.07 Å². The zero-order valence-electron chi connectivity index (χ0n) is 11.4. The molecule has 0 saturated heterocycles. The van der Waals surface area contributed by atoms with Gasteiger partial charge in [0.2, 0.25) is 0 Å². The number of hydrogen-bond donors (Lipinski definition) is 2. The van der Waals surface area contributed by atoms with Crippen LogP contribution in [-0.2, 0) is 6.42 Å². The van der Waals surface area contributed by atoms with Crippen LogP contribution in [0.1, 0.15) is 11.1 Å². The Hall–Kier alpha value is -2.36. The number of anilines is 1. The number of halogens is 1. The molecule has 0 spiro atoms. The van der Waals surface area contributed by atoms with E-state index < -0.39 is 0 Å². The van der Waals surface area contributed by atoms with E-state index in [9.17, 15) is 4.39 Å². The van der Waals surface area contributed by atoms with E-state index in [0.29, 0.717) is 18.9 Å². The second-order valence-electron chi connectivity index (χ2n) is 4.64. The summed E-state index contributed by atoms with van der Waals surface area (Å²) in [6.07, 6.45) is 0.661.